The molecule has 28 heavy (non-hydrogen) atoms. The molecule has 0 aliphatic heterocycles. The van der Waals surface area contributed by atoms with Gasteiger partial charge in [0.2, 0.25) is 5.91 Å². The van der Waals surface area contributed by atoms with Crippen LogP contribution in [0.25, 0.3) is 0 Å². The minimum Gasteiger partial charge on any atom is -0.459 e. The third kappa shape index (κ3) is 5.61. The van der Waals surface area contributed by atoms with E-state index >= 15 is 0 Å². The number of carbonyl (C=O) groups is 2. The van der Waals surface area contributed by atoms with Crippen LogP contribution in [0.4, 0.5) is 0 Å². The molecule has 2 aromatic carbocycles. The summed E-state index contributed by atoms with van der Waals surface area (Å²) in [6.07, 6.45) is 1.78. The molecule has 0 bridgehead atoms. The van der Waals surface area contributed by atoms with Crippen LogP contribution in [0.15, 0.2) is 83.5 Å². The van der Waals surface area contributed by atoms with Gasteiger partial charge >= 0.3 is 0 Å². The topological polar surface area (TPSA) is 71.3 Å². The number of benzene rings is 2. The first-order chi connectivity index (χ1) is 13.7. The molecule has 1 unspecified atom stereocenters. The van der Waals surface area contributed by atoms with Gasteiger partial charge in [0.1, 0.15) is 6.04 Å². The van der Waals surface area contributed by atoms with Crippen molar-refractivity contribution in [3.05, 3.63) is 95.9 Å². The normalized spacial score (nSPS) is 11.0. The minimum absolute atomic E-state index is 0.162. The lowest BCUT2D eigenvalue weighted by atomic mass is 10.1. The predicted molar refractivity (Wildman–Crippen MR) is 106 cm³/mol. The van der Waals surface area contributed by atoms with Crippen molar-refractivity contribution in [3.63, 3.8) is 0 Å². The Morgan fingerprint density at radius 3 is 2.32 bits per heavy atom. The van der Waals surface area contributed by atoms with Crippen molar-refractivity contribution in [2.75, 3.05) is 6.54 Å². The molecule has 0 spiro atoms. The highest BCUT2D eigenvalue weighted by Crippen LogP contribution is 2.06. The Morgan fingerprint density at radius 1 is 0.929 bits per heavy atom. The van der Waals surface area contributed by atoms with Crippen LogP contribution in [0.2, 0.25) is 0 Å². The van der Waals surface area contributed by atoms with Crippen molar-refractivity contribution in [1.82, 2.24) is 10.6 Å². The van der Waals surface area contributed by atoms with Crippen molar-refractivity contribution in [3.8, 4) is 11.8 Å². The van der Waals surface area contributed by atoms with Crippen LogP contribution in [0, 0.1) is 11.8 Å². The minimum atomic E-state index is -0.737. The summed E-state index contributed by atoms with van der Waals surface area (Å²) in [7, 11) is 0. The van der Waals surface area contributed by atoms with Crippen molar-refractivity contribution in [2.45, 2.75) is 12.5 Å². The molecule has 1 atom stereocenters. The maximum Gasteiger partial charge on any atom is 0.287 e. The van der Waals surface area contributed by atoms with E-state index in [1.54, 1.807) is 12.1 Å². The van der Waals surface area contributed by atoms with Gasteiger partial charge in [0, 0.05) is 12.0 Å². The van der Waals surface area contributed by atoms with Gasteiger partial charge in [0.15, 0.2) is 5.76 Å². The van der Waals surface area contributed by atoms with Gasteiger partial charge < -0.3 is 15.1 Å². The van der Waals surface area contributed by atoms with Crippen molar-refractivity contribution < 1.29 is 14.0 Å². The lowest BCUT2D eigenvalue weighted by molar-refractivity contribution is -0.122. The Hall–Kier alpha value is -3.78. The van der Waals surface area contributed by atoms with Crippen LogP contribution in [-0.4, -0.2) is 24.4 Å². The Balaban J connectivity index is 1.64. The fourth-order valence-electron chi connectivity index (χ4n) is 2.62. The van der Waals surface area contributed by atoms with Crippen LogP contribution in [0.3, 0.4) is 0 Å². The zero-order chi connectivity index (χ0) is 19.6. The quantitative estimate of drug-likeness (QED) is 0.654. The van der Waals surface area contributed by atoms with Gasteiger partial charge in [-0.05, 0) is 29.8 Å². The molecular weight excluding hydrogens is 352 g/mol. The molecular formula is C23H20N2O3. The van der Waals surface area contributed by atoms with Gasteiger partial charge in [-0.15, -0.1) is 0 Å². The second-order valence-electron chi connectivity index (χ2n) is 6.08. The van der Waals surface area contributed by atoms with E-state index in [2.05, 4.69) is 22.5 Å². The molecule has 1 heterocycles. The Kier molecular flexibility index (Phi) is 6.64. The molecule has 1 aromatic heterocycles. The van der Waals surface area contributed by atoms with E-state index in [9.17, 15) is 9.59 Å². The van der Waals surface area contributed by atoms with Crippen LogP contribution >= 0.6 is 0 Å². The highest BCUT2D eigenvalue weighted by molar-refractivity contribution is 5.95. The van der Waals surface area contributed by atoms with Crippen LogP contribution < -0.4 is 10.6 Å². The third-order valence-corrected chi connectivity index (χ3v) is 4.01. The summed E-state index contributed by atoms with van der Waals surface area (Å²) in [5.41, 5.74) is 1.82. The molecule has 2 N–H and O–H groups in total. The van der Waals surface area contributed by atoms with E-state index in [-0.39, 0.29) is 18.2 Å². The van der Waals surface area contributed by atoms with Gasteiger partial charge in [-0.25, -0.2) is 0 Å². The molecule has 0 saturated carbocycles. The first-order valence-corrected chi connectivity index (χ1v) is 8.92. The Labute approximate surface area is 163 Å². The second kappa shape index (κ2) is 9.79. The predicted octanol–water partition coefficient (Wildman–Crippen LogP) is 2.79. The summed E-state index contributed by atoms with van der Waals surface area (Å²) in [4.78, 5) is 25.0. The molecule has 5 nitrogen and oxygen atoms in total. The summed E-state index contributed by atoms with van der Waals surface area (Å²) < 4.78 is 5.11. The zero-order valence-electron chi connectivity index (χ0n) is 15.2. The van der Waals surface area contributed by atoms with Crippen LogP contribution in [0.5, 0.6) is 0 Å². The molecule has 3 aromatic rings. The molecule has 5 heteroatoms. The average molecular weight is 372 g/mol. The van der Waals surface area contributed by atoms with Gasteiger partial charge in [-0.2, -0.15) is 0 Å². The van der Waals surface area contributed by atoms with Crippen molar-refractivity contribution >= 4 is 11.8 Å². The van der Waals surface area contributed by atoms with Gasteiger partial charge in [-0.1, -0.05) is 60.4 Å². The zero-order valence-corrected chi connectivity index (χ0v) is 15.2. The number of nitrogens with one attached hydrogen (secondary N) is 2. The van der Waals surface area contributed by atoms with Crippen LogP contribution in [-0.2, 0) is 11.2 Å². The van der Waals surface area contributed by atoms with E-state index < -0.39 is 11.9 Å². The van der Waals surface area contributed by atoms with E-state index in [4.69, 9.17) is 4.42 Å². The fourth-order valence-corrected chi connectivity index (χ4v) is 2.62. The average Bonchev–Trinajstić information content (AvgIpc) is 3.27. The molecule has 140 valence electrons. The second-order valence-corrected chi connectivity index (χ2v) is 6.08. The molecule has 0 aliphatic carbocycles. The highest BCUT2D eigenvalue weighted by atomic mass is 16.3. The molecule has 0 aliphatic rings. The van der Waals surface area contributed by atoms with E-state index in [1.807, 2.05) is 60.7 Å². The number of hydrogen-bond acceptors (Lipinski definition) is 3. The third-order valence-electron chi connectivity index (χ3n) is 4.01. The van der Waals surface area contributed by atoms with Gasteiger partial charge in [0.05, 0.1) is 12.8 Å². The first kappa shape index (κ1) is 19.0. The van der Waals surface area contributed by atoms with Crippen molar-refractivity contribution in [2.24, 2.45) is 0 Å². The molecule has 0 radical (unpaired) electrons. The molecule has 3 rings (SSSR count). The summed E-state index contributed by atoms with van der Waals surface area (Å²) in [6, 6.07) is 21.5. The largest absolute Gasteiger partial charge is 0.459 e. The number of carbonyl (C=O) groups excluding carboxylic acids is 2. The monoisotopic (exact) mass is 372 g/mol. The number of furan rings is 1. The van der Waals surface area contributed by atoms with Crippen LogP contribution in [0.1, 0.15) is 21.7 Å². The molecule has 0 fully saturated rings. The van der Waals surface area contributed by atoms with Crippen molar-refractivity contribution in [1.29, 1.82) is 0 Å². The van der Waals surface area contributed by atoms with Gasteiger partial charge in [-0.3, -0.25) is 9.59 Å². The Morgan fingerprint density at radius 2 is 1.64 bits per heavy atom. The first-order valence-electron chi connectivity index (χ1n) is 8.92. The summed E-state index contributed by atoms with van der Waals surface area (Å²) >= 11 is 0. The summed E-state index contributed by atoms with van der Waals surface area (Å²) in [5, 5.41) is 5.50. The van der Waals surface area contributed by atoms with Gasteiger partial charge in [0.25, 0.3) is 5.91 Å². The standard InChI is InChI=1S/C23H20N2O3/c26-22(24-15-7-13-18-9-3-1-4-10-18)20(17-19-11-5-2-6-12-19)25-23(27)21-14-8-16-28-21/h1-6,8-12,14,16,20H,15,17H2,(H,24,26)(H,25,27). The SMILES string of the molecule is O=C(NC(Cc1ccccc1)C(=O)NCC#Cc1ccccc1)c1ccco1. The van der Waals surface area contributed by atoms with E-state index in [0.717, 1.165) is 11.1 Å². The fraction of sp³-hybridized carbons (Fsp3) is 0.130. The Bertz CT molecular complexity index is 955. The summed E-state index contributed by atoms with van der Waals surface area (Å²) in [6.45, 7) is 0.190. The summed E-state index contributed by atoms with van der Waals surface area (Å²) in [5.74, 6) is 5.33. The van der Waals surface area contributed by atoms with E-state index in [0.29, 0.717) is 6.42 Å². The molecule has 2 amide bonds. The maximum absolute atomic E-state index is 12.6. The smallest absolute Gasteiger partial charge is 0.287 e. The number of amides is 2. The lowest BCUT2D eigenvalue weighted by Crippen LogP contribution is -2.48. The highest BCUT2D eigenvalue weighted by Gasteiger charge is 2.22. The number of rotatable bonds is 6. The van der Waals surface area contributed by atoms with E-state index in [1.165, 1.54) is 6.26 Å². The molecule has 0 saturated heterocycles. The lowest BCUT2D eigenvalue weighted by Gasteiger charge is -2.17. The maximum atomic E-state index is 12.6. The number of hydrogen-bond donors (Lipinski definition) is 2.